The summed E-state index contributed by atoms with van der Waals surface area (Å²) in [6, 6.07) is 15.6. The second-order valence-electron chi connectivity index (χ2n) is 5.31. The number of carbonyl (C=O) groups is 1. The van der Waals surface area contributed by atoms with Crippen molar-refractivity contribution in [2.45, 2.75) is 18.9 Å². The van der Waals surface area contributed by atoms with Gasteiger partial charge in [-0.3, -0.25) is 4.79 Å². The van der Waals surface area contributed by atoms with Gasteiger partial charge in [-0.1, -0.05) is 48.5 Å². The third kappa shape index (κ3) is 2.60. The molecule has 1 N–H and O–H groups in total. The molecular weight excluding hydrogens is 278 g/mol. The molecule has 0 saturated heterocycles. The molecule has 0 aromatic heterocycles. The minimum Gasteiger partial charge on any atom is -0.449 e. The van der Waals surface area contributed by atoms with Crippen molar-refractivity contribution < 1.29 is 14.3 Å². The smallest absolute Gasteiger partial charge is 0.407 e. The monoisotopic (exact) mass is 294 g/mol. The highest BCUT2D eigenvalue weighted by Crippen LogP contribution is 2.44. The van der Waals surface area contributed by atoms with Crippen molar-refractivity contribution in [2.24, 2.45) is 0 Å². The zero-order valence-corrected chi connectivity index (χ0v) is 12.2. The van der Waals surface area contributed by atoms with E-state index in [9.17, 15) is 9.59 Å². The van der Waals surface area contributed by atoms with Crippen molar-refractivity contribution in [3.8, 4) is 11.1 Å². The molecular formula is C18H16NO3. The number of benzene rings is 2. The van der Waals surface area contributed by atoms with Crippen LogP contribution in [0.1, 0.15) is 24.0 Å². The lowest BCUT2D eigenvalue weighted by atomic mass is 9.98. The topological polar surface area (TPSA) is 55.4 Å². The third-order valence-electron chi connectivity index (χ3n) is 3.85. The van der Waals surface area contributed by atoms with E-state index in [-0.39, 0.29) is 12.5 Å². The van der Waals surface area contributed by atoms with Crippen LogP contribution in [0.25, 0.3) is 11.1 Å². The van der Waals surface area contributed by atoms with Crippen LogP contribution in [0, 0.1) is 0 Å². The Morgan fingerprint density at radius 2 is 1.68 bits per heavy atom. The molecule has 0 aliphatic heterocycles. The minimum absolute atomic E-state index is 0.0219. The van der Waals surface area contributed by atoms with Crippen LogP contribution in [-0.2, 0) is 9.53 Å². The van der Waals surface area contributed by atoms with Gasteiger partial charge in [0.15, 0.2) is 0 Å². The Kier molecular flexibility index (Phi) is 3.92. The van der Waals surface area contributed by atoms with Gasteiger partial charge in [-0.05, 0) is 29.2 Å². The van der Waals surface area contributed by atoms with E-state index in [0.717, 1.165) is 11.1 Å². The molecule has 3 rings (SSSR count). The van der Waals surface area contributed by atoms with Gasteiger partial charge in [0.1, 0.15) is 6.61 Å². The fraction of sp³-hybridized carbons (Fsp3) is 0.222. The summed E-state index contributed by atoms with van der Waals surface area (Å²) in [5.74, 6) is 0.0219. The van der Waals surface area contributed by atoms with E-state index in [1.54, 1.807) is 13.2 Å². The Bertz CT molecular complexity index is 665. The third-order valence-corrected chi connectivity index (χ3v) is 3.85. The molecule has 2 aromatic carbocycles. The Morgan fingerprint density at radius 1 is 1.14 bits per heavy atom. The highest BCUT2D eigenvalue weighted by molar-refractivity contribution is 5.79. The van der Waals surface area contributed by atoms with Crippen LogP contribution in [0.5, 0.6) is 0 Å². The first-order valence-electron chi connectivity index (χ1n) is 7.20. The van der Waals surface area contributed by atoms with Crippen molar-refractivity contribution in [3.63, 3.8) is 0 Å². The largest absolute Gasteiger partial charge is 0.449 e. The average molecular weight is 294 g/mol. The number of hydrogen-bond acceptors (Lipinski definition) is 3. The second kappa shape index (κ2) is 6.02. The van der Waals surface area contributed by atoms with Gasteiger partial charge >= 0.3 is 6.09 Å². The number of carbonyl (C=O) groups excluding carboxylic acids is 2. The molecule has 2 aromatic rings. The number of nitrogens with one attached hydrogen (secondary N) is 1. The van der Waals surface area contributed by atoms with Crippen molar-refractivity contribution >= 4 is 12.4 Å². The predicted octanol–water partition coefficient (Wildman–Crippen LogP) is 3.02. The highest BCUT2D eigenvalue weighted by Gasteiger charge is 2.29. The maximum absolute atomic E-state index is 11.7. The van der Waals surface area contributed by atoms with Crippen LogP contribution in [-0.4, -0.2) is 25.0 Å². The van der Waals surface area contributed by atoms with Gasteiger partial charge < -0.3 is 10.1 Å². The second-order valence-corrected chi connectivity index (χ2v) is 5.31. The SMILES string of the molecule is C[C@H]([C]=O)NC(=O)OCC1c2ccccc2-c2ccccc21. The number of ether oxygens (including phenoxy) is 1. The summed E-state index contributed by atoms with van der Waals surface area (Å²) in [4.78, 5) is 22.1. The fourth-order valence-corrected chi connectivity index (χ4v) is 2.85. The number of alkyl carbamates (subject to hydrolysis) is 1. The molecule has 0 heterocycles. The van der Waals surface area contributed by atoms with Gasteiger partial charge in [-0.2, -0.15) is 0 Å². The number of hydrogen-bond donors (Lipinski definition) is 1. The molecule has 1 amide bonds. The maximum Gasteiger partial charge on any atom is 0.407 e. The van der Waals surface area contributed by atoms with E-state index in [4.69, 9.17) is 4.74 Å². The van der Waals surface area contributed by atoms with Crippen LogP contribution in [0.15, 0.2) is 48.5 Å². The molecule has 1 radical (unpaired) electrons. The Balaban J connectivity index is 1.79. The molecule has 1 aliphatic carbocycles. The zero-order valence-electron chi connectivity index (χ0n) is 12.2. The number of amides is 1. The Labute approximate surface area is 129 Å². The van der Waals surface area contributed by atoms with E-state index < -0.39 is 12.1 Å². The molecule has 1 aliphatic rings. The first kappa shape index (κ1) is 14.3. The predicted molar refractivity (Wildman–Crippen MR) is 83.4 cm³/mol. The molecule has 1 atom stereocenters. The molecule has 0 spiro atoms. The van der Waals surface area contributed by atoms with E-state index in [1.165, 1.54) is 11.1 Å². The van der Waals surface area contributed by atoms with Crippen molar-refractivity contribution in [2.75, 3.05) is 6.61 Å². The van der Waals surface area contributed by atoms with Crippen LogP contribution in [0.2, 0.25) is 0 Å². The zero-order chi connectivity index (χ0) is 15.5. The summed E-state index contributed by atoms with van der Waals surface area (Å²) in [5.41, 5.74) is 4.68. The summed E-state index contributed by atoms with van der Waals surface area (Å²) in [5, 5.41) is 2.42. The lowest BCUT2D eigenvalue weighted by molar-refractivity contribution is 0.142. The number of rotatable bonds is 4. The molecule has 4 heteroatoms. The maximum atomic E-state index is 11.7. The van der Waals surface area contributed by atoms with Crippen molar-refractivity contribution in [1.29, 1.82) is 0 Å². The van der Waals surface area contributed by atoms with Crippen LogP contribution in [0.3, 0.4) is 0 Å². The standard InChI is InChI=1S/C18H16NO3/c1-12(10-20)19-18(21)22-11-17-15-8-4-2-6-13(15)14-7-3-5-9-16(14)17/h2-9,12,17H,11H2,1H3,(H,19,21)/t12-/m1/s1. The van der Waals surface area contributed by atoms with Gasteiger partial charge in [-0.15, -0.1) is 0 Å². The van der Waals surface area contributed by atoms with E-state index in [2.05, 4.69) is 29.6 Å². The van der Waals surface area contributed by atoms with Crippen LogP contribution < -0.4 is 5.32 Å². The molecule has 22 heavy (non-hydrogen) atoms. The molecule has 0 fully saturated rings. The first-order chi connectivity index (χ1) is 10.7. The average Bonchev–Trinajstić information content (AvgIpc) is 2.87. The molecule has 111 valence electrons. The normalized spacial score (nSPS) is 13.9. The van der Waals surface area contributed by atoms with E-state index >= 15 is 0 Å². The number of fused-ring (bicyclic) bond motifs is 3. The highest BCUT2D eigenvalue weighted by atomic mass is 16.5. The summed E-state index contributed by atoms with van der Waals surface area (Å²) in [6.45, 7) is 1.79. The van der Waals surface area contributed by atoms with Gasteiger partial charge in [0.05, 0.1) is 6.04 Å². The summed E-state index contributed by atoms with van der Waals surface area (Å²) in [6.07, 6.45) is 1.09. The Morgan fingerprint density at radius 3 is 2.23 bits per heavy atom. The van der Waals surface area contributed by atoms with Gasteiger partial charge in [-0.25, -0.2) is 4.79 Å². The molecule has 0 unspecified atom stereocenters. The summed E-state index contributed by atoms with van der Waals surface area (Å²) in [7, 11) is 0. The van der Waals surface area contributed by atoms with Gasteiger partial charge in [0, 0.05) is 5.92 Å². The molecule has 4 nitrogen and oxygen atoms in total. The van der Waals surface area contributed by atoms with E-state index in [1.807, 2.05) is 24.3 Å². The molecule has 0 saturated carbocycles. The minimum atomic E-state index is -0.671. The first-order valence-corrected chi connectivity index (χ1v) is 7.20. The van der Waals surface area contributed by atoms with Crippen LogP contribution >= 0.6 is 0 Å². The van der Waals surface area contributed by atoms with E-state index in [0.29, 0.717) is 0 Å². The lowest BCUT2D eigenvalue weighted by Crippen LogP contribution is -2.34. The van der Waals surface area contributed by atoms with Crippen molar-refractivity contribution in [3.05, 3.63) is 59.7 Å². The van der Waals surface area contributed by atoms with Crippen molar-refractivity contribution in [1.82, 2.24) is 5.32 Å². The quantitative estimate of drug-likeness (QED) is 0.943. The summed E-state index contributed by atoms with van der Waals surface area (Å²) < 4.78 is 5.28. The molecule has 0 bridgehead atoms. The Hall–Kier alpha value is -2.62. The fourth-order valence-electron chi connectivity index (χ4n) is 2.85. The van der Waals surface area contributed by atoms with Crippen LogP contribution in [0.4, 0.5) is 4.79 Å². The van der Waals surface area contributed by atoms with Gasteiger partial charge in [0.25, 0.3) is 0 Å². The summed E-state index contributed by atoms with van der Waals surface area (Å²) >= 11 is 0. The lowest BCUT2D eigenvalue weighted by Gasteiger charge is -2.15. The van der Waals surface area contributed by atoms with Gasteiger partial charge in [0.2, 0.25) is 6.29 Å².